The van der Waals surface area contributed by atoms with Crippen molar-refractivity contribution in [2.45, 2.75) is 0 Å². The molecule has 0 spiro atoms. The molecule has 0 aliphatic rings. The summed E-state index contributed by atoms with van der Waals surface area (Å²) in [4.78, 5) is 4.63. The molecule has 2 aromatic heterocycles. The highest BCUT2D eigenvalue weighted by atomic mass is 15.1. The van der Waals surface area contributed by atoms with Crippen molar-refractivity contribution in [2.24, 2.45) is 0 Å². The van der Waals surface area contributed by atoms with Crippen molar-refractivity contribution in [3.05, 3.63) is 279 Å². The number of rotatable bonds is 10. The Morgan fingerprint density at radius 2 is 0.514 bits per heavy atom. The van der Waals surface area contributed by atoms with Gasteiger partial charge in [-0.2, -0.15) is 0 Å². The van der Waals surface area contributed by atoms with E-state index in [2.05, 4.69) is 298 Å². The molecule has 13 rings (SSSR count). The van der Waals surface area contributed by atoms with Crippen molar-refractivity contribution in [3.63, 3.8) is 0 Å². The van der Waals surface area contributed by atoms with Crippen LogP contribution in [-0.4, -0.2) is 9.13 Å². The topological polar surface area (TPSA) is 16.3 Å². The van der Waals surface area contributed by atoms with Gasteiger partial charge in [0.1, 0.15) is 0 Å². The zero-order valence-electron chi connectivity index (χ0n) is 38.3. The van der Waals surface area contributed by atoms with Crippen molar-refractivity contribution in [1.82, 2.24) is 9.13 Å². The first-order chi connectivity index (χ1) is 34.7. The molecule has 0 fully saturated rings. The summed E-state index contributed by atoms with van der Waals surface area (Å²) >= 11 is 0. The molecule has 0 saturated carbocycles. The molecule has 330 valence electrons. The van der Waals surface area contributed by atoms with Gasteiger partial charge in [-0.05, 0) is 166 Å². The Kier molecular flexibility index (Phi) is 10.1. The maximum Gasteiger partial charge on any atom is 0.0542 e. The van der Waals surface area contributed by atoms with Gasteiger partial charge in [-0.15, -0.1) is 0 Å². The molecule has 2 heterocycles. The van der Waals surface area contributed by atoms with Crippen molar-refractivity contribution < 1.29 is 0 Å². The van der Waals surface area contributed by atoms with Crippen LogP contribution in [0.4, 0.5) is 34.1 Å². The van der Waals surface area contributed by atoms with Gasteiger partial charge < -0.3 is 18.9 Å². The molecule has 4 nitrogen and oxygen atoms in total. The third-order valence-electron chi connectivity index (χ3n) is 13.6. The van der Waals surface area contributed by atoms with Gasteiger partial charge in [-0.1, -0.05) is 146 Å². The monoisotopic (exact) mass is 894 g/mol. The lowest BCUT2D eigenvalue weighted by Crippen LogP contribution is -2.09. The number of hydrogen-bond acceptors (Lipinski definition) is 2. The van der Waals surface area contributed by atoms with E-state index in [0.29, 0.717) is 0 Å². The molecule has 0 radical (unpaired) electrons. The Bertz CT molecular complexity index is 3630. The Labute approximate surface area is 407 Å². The minimum absolute atomic E-state index is 1.09. The predicted molar refractivity (Wildman–Crippen MR) is 295 cm³/mol. The molecule has 0 amide bonds. The van der Waals surface area contributed by atoms with E-state index in [-0.39, 0.29) is 0 Å². The fraction of sp³-hybridized carbons (Fsp3) is 0. The zero-order valence-corrected chi connectivity index (χ0v) is 38.3. The maximum absolute atomic E-state index is 2.45. The van der Waals surface area contributed by atoms with E-state index >= 15 is 0 Å². The summed E-state index contributed by atoms with van der Waals surface area (Å²) in [5, 5.41) is 7.20. The van der Waals surface area contributed by atoms with Crippen LogP contribution in [0.5, 0.6) is 0 Å². The standard InChI is InChI=1S/C66H46N4/c1-5-21-55(22-6-1)67(56-23-7-2-8-24-56)59-33-37-61(38-34-59)69-63(51-31-29-47-17-13-15-19-49(47)41-51)43-53-46-66-54(45-65(53)69)44-64(52-32-30-48-18-14-16-20-50(48)42-52)70(66)62-39-35-60(36-40-62)68(57-25-9-3-10-26-57)58-27-11-4-12-28-58/h1-46H. The molecule has 11 aromatic carbocycles. The van der Waals surface area contributed by atoms with E-state index < -0.39 is 0 Å². The molecule has 0 bridgehead atoms. The summed E-state index contributed by atoms with van der Waals surface area (Å²) < 4.78 is 4.89. The van der Waals surface area contributed by atoms with Gasteiger partial charge in [0.2, 0.25) is 0 Å². The molecule has 0 aliphatic carbocycles. The Hall–Kier alpha value is -9.38. The summed E-state index contributed by atoms with van der Waals surface area (Å²) in [6.45, 7) is 0. The predicted octanol–water partition coefficient (Wildman–Crippen LogP) is 18.2. The Morgan fingerprint density at radius 3 is 0.857 bits per heavy atom. The average Bonchev–Trinajstić information content (AvgIpc) is 4.00. The number of benzene rings is 11. The second kappa shape index (κ2) is 17.4. The van der Waals surface area contributed by atoms with E-state index in [1.165, 1.54) is 21.5 Å². The summed E-state index contributed by atoms with van der Waals surface area (Å²) in [5.74, 6) is 0. The Balaban J connectivity index is 1.00. The first-order valence-corrected chi connectivity index (χ1v) is 23.9. The largest absolute Gasteiger partial charge is 0.311 e. The normalized spacial score (nSPS) is 11.4. The van der Waals surface area contributed by atoms with Gasteiger partial charge >= 0.3 is 0 Å². The molecule has 4 heteroatoms. The van der Waals surface area contributed by atoms with Gasteiger partial charge in [0, 0.05) is 56.3 Å². The number of hydrogen-bond donors (Lipinski definition) is 0. The van der Waals surface area contributed by atoms with Crippen molar-refractivity contribution >= 4 is 77.5 Å². The van der Waals surface area contributed by atoms with Crippen LogP contribution in [-0.2, 0) is 0 Å². The number of para-hydroxylation sites is 4. The van der Waals surface area contributed by atoms with Gasteiger partial charge in [-0.3, -0.25) is 0 Å². The van der Waals surface area contributed by atoms with Crippen molar-refractivity contribution in [2.75, 3.05) is 9.80 Å². The average molecular weight is 895 g/mol. The highest BCUT2D eigenvalue weighted by Gasteiger charge is 2.21. The molecule has 0 aliphatic heterocycles. The summed E-state index contributed by atoms with van der Waals surface area (Å²) in [6.07, 6.45) is 0. The molecule has 0 unspecified atom stereocenters. The fourth-order valence-electron chi connectivity index (χ4n) is 10.3. The number of aromatic nitrogens is 2. The van der Waals surface area contributed by atoms with Crippen LogP contribution in [0.3, 0.4) is 0 Å². The van der Waals surface area contributed by atoms with E-state index in [1.807, 2.05) is 0 Å². The molecular weight excluding hydrogens is 849 g/mol. The smallest absolute Gasteiger partial charge is 0.0542 e. The van der Waals surface area contributed by atoms with Crippen LogP contribution in [0.1, 0.15) is 0 Å². The number of anilines is 6. The summed E-state index contributed by atoms with van der Waals surface area (Å²) in [6, 6.07) is 101. The third-order valence-corrected chi connectivity index (χ3v) is 13.6. The van der Waals surface area contributed by atoms with Crippen LogP contribution in [0, 0.1) is 0 Å². The lowest BCUT2D eigenvalue weighted by molar-refractivity contribution is 1.13. The van der Waals surface area contributed by atoms with Gasteiger partial charge in [0.25, 0.3) is 0 Å². The second-order valence-electron chi connectivity index (χ2n) is 17.9. The summed E-state index contributed by atoms with van der Waals surface area (Å²) in [5.41, 5.74) is 15.7. The highest BCUT2D eigenvalue weighted by molar-refractivity contribution is 6.03. The van der Waals surface area contributed by atoms with E-state index in [0.717, 1.165) is 89.8 Å². The van der Waals surface area contributed by atoms with Crippen molar-refractivity contribution in [1.29, 1.82) is 0 Å². The highest BCUT2D eigenvalue weighted by Crippen LogP contribution is 2.42. The molecule has 0 atom stereocenters. The van der Waals surface area contributed by atoms with Crippen LogP contribution in [0.15, 0.2) is 279 Å². The first kappa shape index (κ1) is 40.9. The quantitative estimate of drug-likeness (QED) is 0.136. The minimum Gasteiger partial charge on any atom is -0.311 e. The lowest BCUT2D eigenvalue weighted by atomic mass is 10.0. The number of fused-ring (bicyclic) bond motifs is 4. The Morgan fingerprint density at radius 1 is 0.214 bits per heavy atom. The van der Waals surface area contributed by atoms with Crippen molar-refractivity contribution in [3.8, 4) is 33.9 Å². The van der Waals surface area contributed by atoms with Crippen LogP contribution in [0.2, 0.25) is 0 Å². The molecule has 0 N–H and O–H groups in total. The maximum atomic E-state index is 2.45. The molecule has 0 saturated heterocycles. The van der Waals surface area contributed by atoms with Crippen LogP contribution >= 0.6 is 0 Å². The molecule has 70 heavy (non-hydrogen) atoms. The molecular formula is C66H46N4. The SMILES string of the molecule is c1ccc(N(c2ccccc2)c2ccc(-n3c(-c4ccc5ccccc5c4)cc4cc5c(cc(-c6ccc7ccccc7c6)n5-c5ccc(N(c6ccccc6)c6ccccc6)cc5)cc43)cc2)cc1. The van der Waals surface area contributed by atoms with E-state index in [1.54, 1.807) is 0 Å². The first-order valence-electron chi connectivity index (χ1n) is 23.9. The third kappa shape index (κ3) is 7.36. The second-order valence-corrected chi connectivity index (χ2v) is 17.9. The number of nitrogens with zero attached hydrogens (tertiary/aromatic N) is 4. The van der Waals surface area contributed by atoms with Crippen LogP contribution in [0.25, 0.3) is 77.2 Å². The van der Waals surface area contributed by atoms with Crippen LogP contribution < -0.4 is 9.80 Å². The summed E-state index contributed by atoms with van der Waals surface area (Å²) in [7, 11) is 0. The van der Waals surface area contributed by atoms with Gasteiger partial charge in [0.15, 0.2) is 0 Å². The molecule has 13 aromatic rings. The minimum atomic E-state index is 1.09. The van der Waals surface area contributed by atoms with Gasteiger partial charge in [-0.25, -0.2) is 0 Å². The van der Waals surface area contributed by atoms with Gasteiger partial charge in [0.05, 0.1) is 22.4 Å². The lowest BCUT2D eigenvalue weighted by Gasteiger charge is -2.25. The zero-order chi connectivity index (χ0) is 46.4. The fourth-order valence-corrected chi connectivity index (χ4v) is 10.3. The van der Waals surface area contributed by atoms with E-state index in [9.17, 15) is 0 Å². The van der Waals surface area contributed by atoms with E-state index in [4.69, 9.17) is 0 Å².